The predicted octanol–water partition coefficient (Wildman–Crippen LogP) is 1.68. The van der Waals surface area contributed by atoms with Crippen LogP contribution in [0.4, 0.5) is 0 Å². The maximum absolute atomic E-state index is 12.1. The Labute approximate surface area is 124 Å². The molecule has 1 atom stereocenters. The predicted molar refractivity (Wildman–Crippen MR) is 76.2 cm³/mol. The van der Waals surface area contributed by atoms with E-state index in [0.717, 1.165) is 19.4 Å². The second-order valence-corrected chi connectivity index (χ2v) is 6.91. The van der Waals surface area contributed by atoms with Crippen molar-refractivity contribution in [2.45, 2.75) is 36.9 Å². The summed E-state index contributed by atoms with van der Waals surface area (Å²) in [5, 5.41) is 9.26. The zero-order valence-corrected chi connectivity index (χ0v) is 12.6. The Balaban J connectivity index is 1.96. The first-order chi connectivity index (χ1) is 9.53. The molecule has 1 aromatic carbocycles. The Bertz CT molecular complexity index is 555. The highest BCUT2D eigenvalue weighted by Crippen LogP contribution is 2.21. The van der Waals surface area contributed by atoms with Crippen LogP contribution < -0.4 is 4.72 Å². The summed E-state index contributed by atoms with van der Waals surface area (Å²) in [6.07, 6.45) is 2.84. The van der Waals surface area contributed by atoms with Crippen LogP contribution in [0.1, 0.15) is 24.8 Å². The van der Waals surface area contributed by atoms with Crippen LogP contribution in [0.5, 0.6) is 0 Å². The lowest BCUT2D eigenvalue weighted by molar-refractivity contribution is 0.105. The topological polar surface area (TPSA) is 75.6 Å². The van der Waals surface area contributed by atoms with Gasteiger partial charge >= 0.3 is 0 Å². The second-order valence-electron chi connectivity index (χ2n) is 4.73. The molecule has 0 bridgehead atoms. The van der Waals surface area contributed by atoms with Gasteiger partial charge in [-0.3, -0.25) is 0 Å². The van der Waals surface area contributed by atoms with Gasteiger partial charge in [-0.05, 0) is 37.0 Å². The quantitative estimate of drug-likeness (QED) is 0.836. The first-order valence-electron chi connectivity index (χ1n) is 6.53. The van der Waals surface area contributed by atoms with Crippen molar-refractivity contribution < 1.29 is 18.3 Å². The molecular formula is C13H18ClNO4S. The highest BCUT2D eigenvalue weighted by atomic mass is 35.5. The Morgan fingerprint density at radius 1 is 1.45 bits per heavy atom. The van der Waals surface area contributed by atoms with Crippen LogP contribution in [0.3, 0.4) is 0 Å². The van der Waals surface area contributed by atoms with E-state index < -0.39 is 10.0 Å². The number of halogens is 1. The van der Waals surface area contributed by atoms with E-state index >= 15 is 0 Å². The standard InChI is InChI=1S/C13H18ClNO4S/c14-13-8-12(4-3-10(13)9-16)20(17,18)15-6-5-11-2-1-7-19-11/h3-4,8,11,15-16H,1-2,5-7,9H2. The molecule has 1 aliphatic heterocycles. The van der Waals surface area contributed by atoms with Crippen molar-refractivity contribution in [1.29, 1.82) is 0 Å². The van der Waals surface area contributed by atoms with Gasteiger partial charge in [0, 0.05) is 18.2 Å². The van der Waals surface area contributed by atoms with Crippen LogP contribution in [-0.2, 0) is 21.4 Å². The maximum atomic E-state index is 12.1. The van der Waals surface area contributed by atoms with E-state index in [1.54, 1.807) is 0 Å². The Kier molecular flexibility index (Phi) is 5.40. The molecule has 7 heteroatoms. The summed E-state index contributed by atoms with van der Waals surface area (Å²) in [4.78, 5) is 0.104. The van der Waals surface area contributed by atoms with Crippen LogP contribution in [0.25, 0.3) is 0 Å². The van der Waals surface area contributed by atoms with Gasteiger partial charge in [-0.1, -0.05) is 17.7 Å². The first kappa shape index (κ1) is 15.7. The summed E-state index contributed by atoms with van der Waals surface area (Å²) in [7, 11) is -3.57. The van der Waals surface area contributed by atoms with Gasteiger partial charge in [-0.25, -0.2) is 13.1 Å². The van der Waals surface area contributed by atoms with E-state index in [-0.39, 0.29) is 22.6 Å². The molecule has 1 heterocycles. The number of hydrogen-bond acceptors (Lipinski definition) is 4. The SMILES string of the molecule is O=S(=O)(NCCC1CCCO1)c1ccc(CO)c(Cl)c1. The van der Waals surface area contributed by atoms with E-state index in [4.69, 9.17) is 21.4 Å². The van der Waals surface area contributed by atoms with E-state index in [9.17, 15) is 8.42 Å². The number of ether oxygens (including phenoxy) is 1. The third-order valence-corrected chi connectivity index (χ3v) is 5.10. The lowest BCUT2D eigenvalue weighted by Gasteiger charge is -2.11. The molecule has 0 amide bonds. The average molecular weight is 320 g/mol. The fraction of sp³-hybridized carbons (Fsp3) is 0.538. The van der Waals surface area contributed by atoms with Crippen molar-refractivity contribution in [1.82, 2.24) is 4.72 Å². The minimum absolute atomic E-state index is 0.104. The van der Waals surface area contributed by atoms with Crippen LogP contribution in [0.2, 0.25) is 5.02 Å². The van der Waals surface area contributed by atoms with Crippen LogP contribution >= 0.6 is 11.6 Å². The molecule has 0 radical (unpaired) electrons. The maximum Gasteiger partial charge on any atom is 0.240 e. The van der Waals surface area contributed by atoms with E-state index in [1.165, 1.54) is 18.2 Å². The summed E-state index contributed by atoms with van der Waals surface area (Å²) >= 11 is 5.90. The highest BCUT2D eigenvalue weighted by Gasteiger charge is 2.18. The molecule has 2 rings (SSSR count). The van der Waals surface area contributed by atoms with Crippen molar-refractivity contribution in [3.8, 4) is 0 Å². The van der Waals surface area contributed by atoms with Crippen LogP contribution in [-0.4, -0.2) is 32.8 Å². The van der Waals surface area contributed by atoms with Gasteiger partial charge in [0.25, 0.3) is 0 Å². The smallest absolute Gasteiger partial charge is 0.240 e. The Morgan fingerprint density at radius 3 is 2.85 bits per heavy atom. The molecule has 0 aliphatic carbocycles. The monoisotopic (exact) mass is 319 g/mol. The number of aliphatic hydroxyl groups is 1. The molecule has 0 spiro atoms. The van der Waals surface area contributed by atoms with Crippen molar-refractivity contribution in [2.75, 3.05) is 13.2 Å². The lowest BCUT2D eigenvalue weighted by Crippen LogP contribution is -2.27. The average Bonchev–Trinajstić information content (AvgIpc) is 2.91. The molecule has 1 aliphatic rings. The van der Waals surface area contributed by atoms with E-state index in [0.29, 0.717) is 18.5 Å². The largest absolute Gasteiger partial charge is 0.392 e. The molecular weight excluding hydrogens is 302 g/mol. The number of benzene rings is 1. The fourth-order valence-electron chi connectivity index (χ4n) is 2.13. The molecule has 20 heavy (non-hydrogen) atoms. The molecule has 1 unspecified atom stereocenters. The minimum atomic E-state index is -3.57. The molecule has 5 nitrogen and oxygen atoms in total. The van der Waals surface area contributed by atoms with Crippen LogP contribution in [0.15, 0.2) is 23.1 Å². The van der Waals surface area contributed by atoms with Crippen LogP contribution in [0, 0.1) is 0 Å². The minimum Gasteiger partial charge on any atom is -0.392 e. The molecule has 1 aromatic rings. The van der Waals surface area contributed by atoms with Gasteiger partial charge in [0.15, 0.2) is 0 Å². The molecule has 0 aromatic heterocycles. The van der Waals surface area contributed by atoms with Gasteiger partial charge in [0.1, 0.15) is 0 Å². The van der Waals surface area contributed by atoms with Crippen molar-refractivity contribution in [2.24, 2.45) is 0 Å². The van der Waals surface area contributed by atoms with Gasteiger partial charge in [0.05, 0.1) is 17.6 Å². The summed E-state index contributed by atoms with van der Waals surface area (Å²) in [5.74, 6) is 0. The van der Waals surface area contributed by atoms with Crippen molar-refractivity contribution in [3.05, 3.63) is 28.8 Å². The van der Waals surface area contributed by atoms with Gasteiger partial charge < -0.3 is 9.84 Å². The summed E-state index contributed by atoms with van der Waals surface area (Å²) in [5.41, 5.74) is 0.505. The zero-order chi connectivity index (χ0) is 14.6. The fourth-order valence-corrected chi connectivity index (χ4v) is 3.51. The molecule has 112 valence electrons. The number of nitrogens with one attached hydrogen (secondary N) is 1. The zero-order valence-electron chi connectivity index (χ0n) is 11.0. The van der Waals surface area contributed by atoms with E-state index in [2.05, 4.69) is 4.72 Å². The number of rotatable bonds is 6. The Morgan fingerprint density at radius 2 is 2.25 bits per heavy atom. The second kappa shape index (κ2) is 6.87. The summed E-state index contributed by atoms with van der Waals surface area (Å²) < 4.78 is 32.1. The molecule has 1 fully saturated rings. The molecule has 0 saturated carbocycles. The van der Waals surface area contributed by atoms with Gasteiger partial charge in [-0.2, -0.15) is 0 Å². The molecule has 1 saturated heterocycles. The van der Waals surface area contributed by atoms with E-state index in [1.807, 2.05) is 0 Å². The summed E-state index contributed by atoms with van der Waals surface area (Å²) in [6.45, 7) is 0.883. The summed E-state index contributed by atoms with van der Waals surface area (Å²) in [6, 6.07) is 4.30. The van der Waals surface area contributed by atoms with Gasteiger partial charge in [-0.15, -0.1) is 0 Å². The third kappa shape index (κ3) is 3.93. The van der Waals surface area contributed by atoms with Crippen molar-refractivity contribution >= 4 is 21.6 Å². The number of aliphatic hydroxyl groups excluding tert-OH is 1. The third-order valence-electron chi connectivity index (χ3n) is 3.29. The lowest BCUT2D eigenvalue weighted by atomic mass is 10.2. The Hall–Kier alpha value is -0.660. The van der Waals surface area contributed by atoms with Crippen molar-refractivity contribution in [3.63, 3.8) is 0 Å². The van der Waals surface area contributed by atoms with Gasteiger partial charge in [0.2, 0.25) is 10.0 Å². The molecule has 2 N–H and O–H groups in total. The normalized spacial score (nSPS) is 19.4. The first-order valence-corrected chi connectivity index (χ1v) is 8.39. The number of sulfonamides is 1. The highest BCUT2D eigenvalue weighted by molar-refractivity contribution is 7.89. The number of hydrogen-bond donors (Lipinski definition) is 2.